The minimum Gasteiger partial charge on any atom is -0.368 e. The maximum atomic E-state index is 12.0. The molecular formula is C50H49CuN15O11S4. The van der Waals surface area contributed by atoms with Gasteiger partial charge in [0.25, 0.3) is 30.4 Å². The predicted molar refractivity (Wildman–Crippen MR) is 302 cm³/mol. The van der Waals surface area contributed by atoms with Gasteiger partial charge in [-0.15, -0.1) is 0 Å². The Morgan fingerprint density at radius 1 is 0.531 bits per heavy atom. The van der Waals surface area contributed by atoms with Crippen LogP contribution in [-0.2, 0) is 71.6 Å². The number of rotatable bonds is 12. The van der Waals surface area contributed by atoms with Gasteiger partial charge in [0.1, 0.15) is 5.75 Å². The van der Waals surface area contributed by atoms with Gasteiger partial charge >= 0.3 is 17.1 Å². The van der Waals surface area contributed by atoms with Crippen LogP contribution in [0, 0.1) is 0 Å². The van der Waals surface area contributed by atoms with Crippen molar-refractivity contribution < 1.29 is 63.7 Å². The molecule has 1 radical (unpaired) electrons. The first kappa shape index (κ1) is 60.7. The summed E-state index contributed by atoms with van der Waals surface area (Å²) in [6.07, 6.45) is 1.99. The summed E-state index contributed by atoms with van der Waals surface area (Å²) in [6.45, 7) is 4.13. The zero-order chi connectivity index (χ0) is 57.6. The molecule has 0 unspecified atom stereocenters. The monoisotopic (exact) mass is 1230 g/mol. The van der Waals surface area contributed by atoms with Crippen molar-refractivity contribution in [3.8, 4) is 45.6 Å². The quantitative estimate of drug-likeness (QED) is 0.0428. The van der Waals surface area contributed by atoms with Gasteiger partial charge in [-0.1, -0.05) is 117 Å². The minimum atomic E-state index is -4.46. The van der Waals surface area contributed by atoms with E-state index < -0.39 is 46.1 Å². The Bertz CT molecular complexity index is 4160. The van der Waals surface area contributed by atoms with E-state index in [1.807, 2.05) is 111 Å². The molecule has 4 aromatic heterocycles. The van der Waals surface area contributed by atoms with Gasteiger partial charge in [-0.2, -0.15) is 40.2 Å². The number of anilines is 4. The fourth-order valence-corrected chi connectivity index (χ4v) is 9.57. The molecule has 2 aliphatic heterocycles. The van der Waals surface area contributed by atoms with E-state index >= 15 is 0 Å². The van der Waals surface area contributed by atoms with Gasteiger partial charge in [-0.05, 0) is 39.2 Å². The van der Waals surface area contributed by atoms with E-state index in [0.29, 0.717) is 45.9 Å². The number of hydrogen-bond acceptors (Lipinski definition) is 22. The molecule has 0 saturated heterocycles. The number of fused-ring (bicyclic) bond motifs is 20. The Morgan fingerprint density at radius 2 is 0.926 bits per heavy atom. The van der Waals surface area contributed by atoms with Crippen LogP contribution in [0.25, 0.3) is 89.7 Å². The zero-order valence-electron chi connectivity index (χ0n) is 43.6. The number of nitrogens with two attached hydrogens (primary N) is 1. The number of hydrogen-bond donors (Lipinski definition) is 5. The second-order valence-corrected chi connectivity index (χ2v) is 23.5. The first-order valence-corrected chi connectivity index (χ1v) is 30.5. The molecule has 31 heteroatoms. The summed E-state index contributed by atoms with van der Waals surface area (Å²) >= 11 is 0. The molecule has 81 heavy (non-hydrogen) atoms. The summed E-state index contributed by atoms with van der Waals surface area (Å²) in [6, 6.07) is 35.2. The molecule has 0 amide bonds. The van der Waals surface area contributed by atoms with Crippen LogP contribution in [0.3, 0.4) is 0 Å². The Labute approximate surface area is 475 Å². The van der Waals surface area contributed by atoms with E-state index in [1.54, 1.807) is 0 Å². The Morgan fingerprint density at radius 3 is 1.30 bits per heavy atom. The van der Waals surface area contributed by atoms with E-state index in [1.165, 1.54) is 6.07 Å². The van der Waals surface area contributed by atoms with Crippen LogP contribution in [0.2, 0.25) is 0 Å². The first-order chi connectivity index (χ1) is 38.0. The summed E-state index contributed by atoms with van der Waals surface area (Å²) in [7, 11) is -13.0. The van der Waals surface area contributed by atoms with Crippen LogP contribution >= 0.6 is 0 Å². The van der Waals surface area contributed by atoms with Crippen LogP contribution in [-0.4, -0.2) is 123 Å². The fourth-order valence-electron chi connectivity index (χ4n) is 7.76. The van der Waals surface area contributed by atoms with Crippen molar-refractivity contribution >= 4 is 108 Å². The van der Waals surface area contributed by atoms with E-state index in [0.717, 1.165) is 82.7 Å². The van der Waals surface area contributed by atoms with E-state index in [9.17, 15) is 38.2 Å². The topological polar surface area (TPSA) is 382 Å². The second kappa shape index (κ2) is 25.2. The standard InChI is InChI=1S/C32H16N8.C14H21N7O8S3.C2H6O3S.C2H6.Cu/c1-2-10-18-17(9-1)25-33-26(18)38-28-21-13-5-6-14-22(21)30(35-28)40-32-24-16-8-7-15-23(24)31(36-32)39-29-20-12-4-3-11-19(20)27(34-29)37-25;1-29-32(27,28)10-4-3-9(8-31(24,25)26)11(7-10)18-14-20-12(15)19-13(21-14)16-5-6-17-30(2,22)23;1-5-6(2,3)4;1-2;/h1-16H;3-4,7,17H,5-6,8H2,1-2H3,(H,24,25,26)(H4,15,16,18,19,20,21);1-2H3;1-2H3;/q-2;;;;+2. The van der Waals surface area contributed by atoms with Crippen molar-refractivity contribution in [1.82, 2.24) is 59.5 Å². The van der Waals surface area contributed by atoms with Gasteiger partial charge < -0.3 is 46.3 Å². The van der Waals surface area contributed by atoms with Crippen molar-refractivity contribution in [3.05, 3.63) is 121 Å². The molecule has 0 spiro atoms. The van der Waals surface area contributed by atoms with E-state index in [-0.39, 0.29) is 64.1 Å². The van der Waals surface area contributed by atoms with Gasteiger partial charge in [-0.3, -0.25) is 12.9 Å². The maximum absolute atomic E-state index is 12.0. The third kappa shape index (κ3) is 14.9. The summed E-state index contributed by atoms with van der Waals surface area (Å²) in [5, 5.41) is 8.93. The number of aromatic nitrogens is 11. The zero-order valence-corrected chi connectivity index (χ0v) is 47.8. The molecule has 6 heterocycles. The number of nitrogens with one attached hydrogen (secondary N) is 3. The summed E-state index contributed by atoms with van der Waals surface area (Å²) < 4.78 is 108. The fraction of sp³-hybridized carbons (Fsp3) is 0.180. The Balaban J connectivity index is 0.000000209. The normalized spacial score (nSPS) is 11.8. The van der Waals surface area contributed by atoms with Crippen LogP contribution in [0.5, 0.6) is 0 Å². The van der Waals surface area contributed by atoms with Crippen LogP contribution in [0.15, 0.2) is 120 Å². The van der Waals surface area contributed by atoms with E-state index in [2.05, 4.69) is 38.7 Å². The first-order valence-electron chi connectivity index (χ1n) is 23.7. The summed E-state index contributed by atoms with van der Waals surface area (Å²) in [4.78, 5) is 50.7. The molecular weight excluding hydrogens is 1180 g/mol. The van der Waals surface area contributed by atoms with Gasteiger partial charge in [0, 0.05) is 63.6 Å². The van der Waals surface area contributed by atoms with E-state index in [4.69, 9.17) is 45.6 Å². The predicted octanol–water partition coefficient (Wildman–Crippen LogP) is 5.62. The van der Waals surface area contributed by atoms with Crippen LogP contribution in [0.1, 0.15) is 19.4 Å². The van der Waals surface area contributed by atoms with Crippen molar-refractivity contribution in [2.75, 3.05) is 56.2 Å². The van der Waals surface area contributed by atoms with Gasteiger partial charge in [0.05, 0.1) is 54.9 Å². The summed E-state index contributed by atoms with van der Waals surface area (Å²) in [5.41, 5.74) is 11.4. The number of nitrogens with zero attached hydrogens (tertiary/aromatic N) is 11. The Hall–Kier alpha value is -7.97. The SMILES string of the molecule is CC.COS(=O)(=O)c1ccc(CS(=O)(=O)O)c(Nc2nc(N)nc(NCCNS(C)(=O)=O)n2)c1.COS(C)(=O)=O.[Cu+2].c1ccc2c(c1)-c1nc-2nc2[n-]c(nc3nc(nc4[n-]c(n1)c1ccccc41)-c1ccccc1-3)c1ccccc21. The molecule has 2 aliphatic rings. The molecule has 0 fully saturated rings. The van der Waals surface area contributed by atoms with Gasteiger partial charge in [-0.25, -0.2) is 23.1 Å². The molecule has 0 aliphatic carbocycles. The second-order valence-electron chi connectivity index (χ2n) is 16.8. The minimum absolute atomic E-state index is 0. The van der Waals surface area contributed by atoms with Gasteiger partial charge in [0.2, 0.25) is 27.9 Å². The summed E-state index contributed by atoms with van der Waals surface area (Å²) in [5.74, 6) is 0.927. The molecule has 425 valence electrons. The molecule has 9 aromatic rings. The third-order valence-electron chi connectivity index (χ3n) is 11.2. The third-order valence-corrected chi connectivity index (χ3v) is 14.5. The van der Waals surface area contributed by atoms with Gasteiger partial charge in [0.15, 0.2) is 0 Å². The van der Waals surface area contributed by atoms with Crippen molar-refractivity contribution in [2.24, 2.45) is 0 Å². The molecule has 5 aromatic carbocycles. The number of nitrogen functional groups attached to an aromatic ring is 1. The van der Waals surface area contributed by atoms with Crippen molar-refractivity contribution in [2.45, 2.75) is 24.5 Å². The average molecular weight is 1230 g/mol. The molecule has 11 rings (SSSR count). The Kier molecular flexibility index (Phi) is 18.9. The molecule has 8 bridgehead atoms. The van der Waals surface area contributed by atoms with Crippen molar-refractivity contribution in [3.63, 3.8) is 0 Å². The largest absolute Gasteiger partial charge is 2.00 e. The van der Waals surface area contributed by atoms with Crippen LogP contribution in [0.4, 0.5) is 23.5 Å². The molecule has 6 N–H and O–H groups in total. The van der Waals surface area contributed by atoms with Crippen LogP contribution < -0.4 is 31.1 Å². The molecule has 26 nitrogen and oxygen atoms in total. The average Bonchev–Trinajstić information content (AvgIpc) is 4.39. The maximum Gasteiger partial charge on any atom is 2.00 e. The molecule has 0 saturated carbocycles. The molecule has 0 atom stereocenters. The number of benzene rings is 5. The number of sulfonamides is 1. The van der Waals surface area contributed by atoms with Crippen molar-refractivity contribution in [1.29, 1.82) is 0 Å². The smallest absolute Gasteiger partial charge is 0.368 e.